The molecule has 0 radical (unpaired) electrons. The summed E-state index contributed by atoms with van der Waals surface area (Å²) in [6.45, 7) is 12.2. The van der Waals surface area contributed by atoms with Crippen LogP contribution in [0.4, 0.5) is 0 Å². The van der Waals surface area contributed by atoms with Gasteiger partial charge in [0.15, 0.2) is 12.2 Å². The molecule has 2 N–H and O–H groups in total. The number of hydrogen-bond acceptors (Lipinski definition) is 10. The van der Waals surface area contributed by atoms with Crippen LogP contribution in [0.25, 0.3) is 0 Å². The van der Waals surface area contributed by atoms with E-state index in [0.29, 0.717) is 0 Å². The van der Waals surface area contributed by atoms with Gasteiger partial charge in [-0.2, -0.15) is 0 Å². The fourth-order valence-electron chi connectivity index (χ4n) is 2.03. The number of carbonyl (C=O) groups is 4. The van der Waals surface area contributed by atoms with Gasteiger partial charge < -0.3 is 29.2 Å². The summed E-state index contributed by atoms with van der Waals surface area (Å²) in [6, 6.07) is 5.32. The van der Waals surface area contributed by atoms with Gasteiger partial charge in [-0.15, -0.1) is 0 Å². The first-order valence-corrected chi connectivity index (χ1v) is 9.45. The van der Waals surface area contributed by atoms with Crippen molar-refractivity contribution in [2.45, 2.75) is 52.5 Å². The van der Waals surface area contributed by atoms with E-state index in [-0.39, 0.29) is 22.3 Å². The van der Waals surface area contributed by atoms with Crippen LogP contribution < -0.4 is 0 Å². The van der Waals surface area contributed by atoms with Crippen LogP contribution in [0.5, 0.6) is 0 Å². The van der Waals surface area contributed by atoms with Gasteiger partial charge in [-0.05, 0) is 39.8 Å². The Bertz CT molecular complexity index is 831. The van der Waals surface area contributed by atoms with Crippen LogP contribution in [0.15, 0.2) is 48.6 Å². The highest BCUT2D eigenvalue weighted by molar-refractivity contribution is 6.03. The van der Waals surface area contributed by atoms with E-state index >= 15 is 0 Å². The van der Waals surface area contributed by atoms with Crippen molar-refractivity contribution in [2.24, 2.45) is 0 Å². The summed E-state index contributed by atoms with van der Waals surface area (Å²) in [5, 5.41) is 20.0. The van der Waals surface area contributed by atoms with Gasteiger partial charge in [0.05, 0.1) is 11.1 Å². The van der Waals surface area contributed by atoms with Crippen LogP contribution in [0, 0.1) is 0 Å². The Morgan fingerprint density at radius 1 is 0.719 bits per heavy atom. The number of benzene rings is 1. The summed E-state index contributed by atoms with van der Waals surface area (Å²) in [7, 11) is 0. The molecule has 0 fully saturated rings. The number of rotatable bonds is 10. The Morgan fingerprint density at radius 3 is 1.31 bits per heavy atom. The molecule has 0 aliphatic carbocycles. The molecule has 0 bridgehead atoms. The highest BCUT2D eigenvalue weighted by atomic mass is 16.7. The predicted molar refractivity (Wildman–Crippen MR) is 110 cm³/mol. The van der Waals surface area contributed by atoms with E-state index < -0.39 is 48.7 Å². The van der Waals surface area contributed by atoms with Gasteiger partial charge >= 0.3 is 23.9 Å². The molecule has 0 aliphatic heterocycles. The first-order valence-electron chi connectivity index (χ1n) is 9.45. The molecule has 0 spiro atoms. The van der Waals surface area contributed by atoms with E-state index in [4.69, 9.17) is 18.9 Å². The normalized spacial score (nSPS) is 14.2. The van der Waals surface area contributed by atoms with E-state index in [1.54, 1.807) is 0 Å². The standard InChI is InChI=1S/C22H26O10/c1-11(2)17(23)29-13(5)19(25)31-21(27)15-9-7-8-10-16(15)22(28)32-20(26)14(6)30-18(24)12(3)4/h7-10,13-14,19-20,25-26H,1,3H2,2,4-6H3. The van der Waals surface area contributed by atoms with Crippen molar-refractivity contribution in [3.05, 3.63) is 59.7 Å². The number of aliphatic hydroxyl groups is 2. The number of esters is 4. The van der Waals surface area contributed by atoms with Gasteiger partial charge in [-0.3, -0.25) is 0 Å². The summed E-state index contributed by atoms with van der Waals surface area (Å²) in [5.74, 6) is -3.79. The van der Waals surface area contributed by atoms with Gasteiger partial charge in [-0.1, -0.05) is 25.3 Å². The predicted octanol–water partition coefficient (Wildman–Crippen LogP) is 1.65. The molecule has 0 aliphatic rings. The van der Waals surface area contributed by atoms with Crippen LogP contribution in [0.1, 0.15) is 48.4 Å². The number of hydrogen-bond donors (Lipinski definition) is 2. The lowest BCUT2D eigenvalue weighted by atomic mass is 10.1. The SMILES string of the molecule is C=C(C)C(=O)OC(C)C(O)OC(=O)c1ccccc1C(=O)OC(O)C(C)OC(=O)C(=C)C. The molecule has 0 saturated heterocycles. The van der Waals surface area contributed by atoms with E-state index in [1.807, 2.05) is 0 Å². The van der Waals surface area contributed by atoms with Crippen molar-refractivity contribution in [3.8, 4) is 0 Å². The van der Waals surface area contributed by atoms with Crippen molar-refractivity contribution in [3.63, 3.8) is 0 Å². The molecule has 10 heteroatoms. The molecule has 32 heavy (non-hydrogen) atoms. The zero-order valence-corrected chi connectivity index (χ0v) is 18.2. The van der Waals surface area contributed by atoms with Crippen molar-refractivity contribution >= 4 is 23.9 Å². The fourth-order valence-corrected chi connectivity index (χ4v) is 2.03. The molecule has 1 aromatic carbocycles. The number of aliphatic hydroxyl groups excluding tert-OH is 2. The highest BCUT2D eigenvalue weighted by Crippen LogP contribution is 2.16. The average Bonchev–Trinajstić information content (AvgIpc) is 2.72. The minimum absolute atomic E-state index is 0.0881. The van der Waals surface area contributed by atoms with Crippen molar-refractivity contribution < 1.29 is 48.3 Å². The van der Waals surface area contributed by atoms with Crippen LogP contribution in [-0.4, -0.2) is 58.9 Å². The summed E-state index contributed by atoms with van der Waals surface area (Å²) in [5.41, 5.74) is -0.391. The lowest BCUT2D eigenvalue weighted by Gasteiger charge is -2.21. The minimum atomic E-state index is -1.83. The molecule has 174 valence electrons. The Balaban J connectivity index is 2.88. The zero-order chi connectivity index (χ0) is 24.6. The van der Waals surface area contributed by atoms with Crippen LogP contribution >= 0.6 is 0 Å². The quantitative estimate of drug-likeness (QED) is 0.233. The first-order chi connectivity index (χ1) is 14.8. The third-order valence-corrected chi connectivity index (χ3v) is 3.91. The zero-order valence-electron chi connectivity index (χ0n) is 18.2. The summed E-state index contributed by atoms with van der Waals surface area (Å²) < 4.78 is 19.5. The van der Waals surface area contributed by atoms with Gasteiger partial charge in [0.2, 0.25) is 12.6 Å². The minimum Gasteiger partial charge on any atom is -0.453 e. The molecule has 0 heterocycles. The first kappa shape index (κ1) is 26.5. The van der Waals surface area contributed by atoms with Gasteiger partial charge in [-0.25, -0.2) is 19.2 Å². The second-order valence-corrected chi connectivity index (χ2v) is 6.92. The maximum absolute atomic E-state index is 12.5. The average molecular weight is 450 g/mol. The monoisotopic (exact) mass is 450 g/mol. The van der Waals surface area contributed by atoms with E-state index in [2.05, 4.69) is 13.2 Å². The van der Waals surface area contributed by atoms with Crippen LogP contribution in [0.3, 0.4) is 0 Å². The highest BCUT2D eigenvalue weighted by Gasteiger charge is 2.28. The maximum atomic E-state index is 12.5. The Kier molecular flexibility index (Phi) is 9.76. The molecule has 0 saturated carbocycles. The molecule has 4 atom stereocenters. The van der Waals surface area contributed by atoms with E-state index in [0.717, 1.165) is 0 Å². The lowest BCUT2D eigenvalue weighted by Crippen LogP contribution is -2.34. The van der Waals surface area contributed by atoms with Crippen LogP contribution in [-0.2, 0) is 28.5 Å². The summed E-state index contributed by atoms with van der Waals surface area (Å²) in [4.78, 5) is 48.0. The largest absolute Gasteiger partial charge is 0.453 e. The summed E-state index contributed by atoms with van der Waals surface area (Å²) >= 11 is 0. The Morgan fingerprint density at radius 2 is 1.03 bits per heavy atom. The summed E-state index contributed by atoms with van der Waals surface area (Å²) in [6.07, 6.45) is -6.09. The molecule has 1 rings (SSSR count). The molecule has 10 nitrogen and oxygen atoms in total. The fraction of sp³-hybridized carbons (Fsp3) is 0.364. The molecular formula is C22H26O10. The van der Waals surface area contributed by atoms with Crippen molar-refractivity contribution in [1.82, 2.24) is 0 Å². The second kappa shape index (κ2) is 11.8. The van der Waals surface area contributed by atoms with Crippen molar-refractivity contribution in [2.75, 3.05) is 0 Å². The molecule has 0 amide bonds. The molecular weight excluding hydrogens is 424 g/mol. The smallest absolute Gasteiger partial charge is 0.341 e. The van der Waals surface area contributed by atoms with E-state index in [9.17, 15) is 29.4 Å². The number of ether oxygens (including phenoxy) is 4. The topological polar surface area (TPSA) is 146 Å². The Hall–Kier alpha value is -3.50. The van der Waals surface area contributed by atoms with Crippen molar-refractivity contribution in [1.29, 1.82) is 0 Å². The van der Waals surface area contributed by atoms with Crippen LogP contribution in [0.2, 0.25) is 0 Å². The van der Waals surface area contributed by atoms with E-state index in [1.165, 1.54) is 52.0 Å². The van der Waals surface area contributed by atoms with Gasteiger partial charge in [0, 0.05) is 11.1 Å². The second-order valence-electron chi connectivity index (χ2n) is 6.92. The third-order valence-electron chi connectivity index (χ3n) is 3.91. The molecule has 0 aromatic heterocycles. The Labute approximate surface area is 185 Å². The maximum Gasteiger partial charge on any atom is 0.341 e. The molecule has 1 aromatic rings. The lowest BCUT2D eigenvalue weighted by molar-refractivity contribution is -0.169. The van der Waals surface area contributed by atoms with Gasteiger partial charge in [0.25, 0.3) is 0 Å². The third kappa shape index (κ3) is 7.64. The van der Waals surface area contributed by atoms with Gasteiger partial charge in [0.1, 0.15) is 0 Å². The number of carbonyl (C=O) groups excluding carboxylic acids is 4. The molecule has 4 unspecified atom stereocenters.